The molecule has 2 N–H and O–H groups in total. The number of rotatable bonds is 3. The molecule has 2 unspecified atom stereocenters. The van der Waals surface area contributed by atoms with Gasteiger partial charge in [-0.25, -0.2) is 18.1 Å². The van der Waals surface area contributed by atoms with Crippen molar-refractivity contribution in [2.24, 2.45) is 0 Å². The molecular formula is C12H21ClN4O2S. The van der Waals surface area contributed by atoms with Crippen molar-refractivity contribution in [2.75, 3.05) is 6.54 Å². The van der Waals surface area contributed by atoms with Crippen LogP contribution in [-0.4, -0.2) is 36.6 Å². The molecule has 0 bridgehead atoms. The van der Waals surface area contributed by atoms with E-state index < -0.39 is 10.0 Å². The zero-order chi connectivity index (χ0) is 13.5. The van der Waals surface area contributed by atoms with Crippen molar-refractivity contribution >= 4 is 22.4 Å². The van der Waals surface area contributed by atoms with Gasteiger partial charge in [0.2, 0.25) is 0 Å². The molecule has 0 aromatic carbocycles. The summed E-state index contributed by atoms with van der Waals surface area (Å²) in [5, 5.41) is 3.62. The number of nitrogens with zero attached hydrogens (tertiary/aromatic N) is 2. The van der Waals surface area contributed by atoms with Crippen LogP contribution in [0.4, 0.5) is 0 Å². The van der Waals surface area contributed by atoms with Crippen LogP contribution in [0.25, 0.3) is 0 Å². The van der Waals surface area contributed by atoms with Crippen LogP contribution in [-0.2, 0) is 23.0 Å². The van der Waals surface area contributed by atoms with E-state index in [0.29, 0.717) is 5.03 Å². The number of halogens is 1. The number of hydrogen-bond acceptors (Lipinski definition) is 4. The van der Waals surface area contributed by atoms with Crippen LogP contribution in [0.5, 0.6) is 0 Å². The van der Waals surface area contributed by atoms with Crippen molar-refractivity contribution < 1.29 is 8.42 Å². The summed E-state index contributed by atoms with van der Waals surface area (Å²) in [5.41, 5.74) is 0. The highest BCUT2D eigenvalue weighted by molar-refractivity contribution is 7.89. The minimum atomic E-state index is -3.46. The van der Waals surface area contributed by atoms with Crippen LogP contribution in [0.15, 0.2) is 11.2 Å². The van der Waals surface area contributed by atoms with Crippen LogP contribution in [0.3, 0.4) is 0 Å². The lowest BCUT2D eigenvalue weighted by molar-refractivity contribution is 0.348. The molecule has 1 fully saturated rings. The second-order valence-electron chi connectivity index (χ2n) is 5.38. The topological polar surface area (TPSA) is 76.0 Å². The minimum absolute atomic E-state index is 0. The van der Waals surface area contributed by atoms with E-state index in [0.717, 1.165) is 44.6 Å². The van der Waals surface area contributed by atoms with Crippen molar-refractivity contribution in [2.45, 2.75) is 56.3 Å². The fourth-order valence-corrected chi connectivity index (χ4v) is 4.43. The van der Waals surface area contributed by atoms with Gasteiger partial charge in [0.25, 0.3) is 10.0 Å². The Kier molecular flexibility index (Phi) is 4.73. The van der Waals surface area contributed by atoms with E-state index in [-0.39, 0.29) is 24.5 Å². The smallest absolute Gasteiger partial charge is 0.258 e. The maximum absolute atomic E-state index is 12.5. The lowest BCUT2D eigenvalue weighted by Crippen LogP contribution is -2.52. The second-order valence-corrected chi connectivity index (χ2v) is 7.04. The number of sulfonamides is 1. The summed E-state index contributed by atoms with van der Waals surface area (Å²) in [7, 11) is -3.46. The van der Waals surface area contributed by atoms with Gasteiger partial charge >= 0.3 is 0 Å². The number of nitrogens with one attached hydrogen (secondary N) is 2. The summed E-state index contributed by atoms with van der Waals surface area (Å²) in [6, 6.07) is 0.135. The van der Waals surface area contributed by atoms with E-state index >= 15 is 0 Å². The Morgan fingerprint density at radius 2 is 2.25 bits per heavy atom. The minimum Gasteiger partial charge on any atom is -0.318 e. The molecule has 0 spiro atoms. The fraction of sp³-hybridized carbons (Fsp3) is 0.750. The molecule has 1 aromatic rings. The molecule has 2 aliphatic rings. The maximum Gasteiger partial charge on any atom is 0.258 e. The van der Waals surface area contributed by atoms with E-state index in [2.05, 4.69) is 15.0 Å². The first-order valence-corrected chi connectivity index (χ1v) is 8.36. The van der Waals surface area contributed by atoms with Crippen LogP contribution >= 0.6 is 12.4 Å². The van der Waals surface area contributed by atoms with E-state index in [1.54, 1.807) is 0 Å². The summed E-state index contributed by atoms with van der Waals surface area (Å²) in [6.07, 6.45) is 5.22. The van der Waals surface area contributed by atoms with E-state index in [1.807, 2.05) is 11.5 Å². The molecule has 20 heavy (non-hydrogen) atoms. The van der Waals surface area contributed by atoms with Crippen molar-refractivity contribution in [1.29, 1.82) is 0 Å². The highest BCUT2D eigenvalue weighted by atomic mass is 35.5. The molecule has 2 aliphatic heterocycles. The molecule has 3 heterocycles. The first-order chi connectivity index (χ1) is 9.08. The SMILES string of the molecule is CC1NCCCC1NS(=O)(=O)c1cnc2n1CCC2.Cl. The summed E-state index contributed by atoms with van der Waals surface area (Å²) < 4.78 is 29.6. The molecule has 8 heteroatoms. The summed E-state index contributed by atoms with van der Waals surface area (Å²) >= 11 is 0. The number of aromatic nitrogens is 2. The fourth-order valence-electron chi connectivity index (χ4n) is 2.91. The quantitative estimate of drug-likeness (QED) is 0.858. The third-order valence-electron chi connectivity index (χ3n) is 4.03. The van der Waals surface area contributed by atoms with Crippen molar-refractivity contribution in [3.05, 3.63) is 12.0 Å². The van der Waals surface area contributed by atoms with Gasteiger partial charge < -0.3 is 9.88 Å². The highest BCUT2D eigenvalue weighted by Crippen LogP contribution is 2.21. The summed E-state index contributed by atoms with van der Waals surface area (Å²) in [6.45, 7) is 3.73. The lowest BCUT2D eigenvalue weighted by Gasteiger charge is -2.30. The molecular weight excluding hydrogens is 300 g/mol. The Balaban J connectivity index is 0.00000147. The third kappa shape index (κ3) is 2.86. The van der Waals surface area contributed by atoms with Crippen molar-refractivity contribution in [3.8, 4) is 0 Å². The van der Waals surface area contributed by atoms with Crippen LogP contribution in [0.1, 0.15) is 32.0 Å². The van der Waals surface area contributed by atoms with E-state index in [1.165, 1.54) is 6.20 Å². The first kappa shape index (κ1) is 15.8. The number of hydrogen-bond donors (Lipinski definition) is 2. The zero-order valence-electron chi connectivity index (χ0n) is 11.5. The van der Waals surface area contributed by atoms with Crippen molar-refractivity contribution in [3.63, 3.8) is 0 Å². The molecule has 0 saturated carbocycles. The Bertz CT molecular complexity index is 572. The molecule has 1 aromatic heterocycles. The molecule has 3 rings (SSSR count). The Morgan fingerprint density at radius 1 is 1.45 bits per heavy atom. The van der Waals surface area contributed by atoms with Gasteiger partial charge in [0.05, 0.1) is 6.20 Å². The van der Waals surface area contributed by atoms with Gasteiger partial charge in [-0.15, -0.1) is 12.4 Å². The Hall–Kier alpha value is -0.630. The van der Waals surface area contributed by atoms with Gasteiger partial charge in [-0.05, 0) is 32.7 Å². The zero-order valence-corrected chi connectivity index (χ0v) is 13.1. The standard InChI is InChI=1S/C12H20N4O2S.ClH/c1-9-10(4-2-6-13-9)15-19(17,18)12-8-14-11-5-3-7-16(11)12;/h8-10,13,15H,2-7H2,1H3;1H. The second kappa shape index (κ2) is 6.01. The van der Waals surface area contributed by atoms with Crippen LogP contribution in [0.2, 0.25) is 0 Å². The predicted octanol–water partition coefficient (Wildman–Crippen LogP) is 0.670. The number of aryl methyl sites for hydroxylation is 1. The third-order valence-corrected chi connectivity index (χ3v) is 5.52. The van der Waals surface area contributed by atoms with E-state index in [4.69, 9.17) is 0 Å². The monoisotopic (exact) mass is 320 g/mol. The van der Waals surface area contributed by atoms with Gasteiger partial charge in [0.1, 0.15) is 5.82 Å². The molecule has 0 radical (unpaired) electrons. The molecule has 2 atom stereocenters. The van der Waals surface area contributed by atoms with Gasteiger partial charge in [0.15, 0.2) is 5.03 Å². The van der Waals surface area contributed by atoms with Crippen molar-refractivity contribution in [1.82, 2.24) is 19.6 Å². The molecule has 114 valence electrons. The average molecular weight is 321 g/mol. The molecule has 1 saturated heterocycles. The largest absolute Gasteiger partial charge is 0.318 e. The molecule has 0 aliphatic carbocycles. The average Bonchev–Trinajstić information content (AvgIpc) is 2.93. The Morgan fingerprint density at radius 3 is 3.00 bits per heavy atom. The predicted molar refractivity (Wildman–Crippen MR) is 78.6 cm³/mol. The van der Waals surface area contributed by atoms with Crippen LogP contribution in [0, 0.1) is 0 Å². The number of fused-ring (bicyclic) bond motifs is 1. The van der Waals surface area contributed by atoms with Gasteiger partial charge in [0, 0.05) is 25.0 Å². The van der Waals surface area contributed by atoms with Gasteiger partial charge in [-0.3, -0.25) is 0 Å². The highest BCUT2D eigenvalue weighted by Gasteiger charge is 2.30. The van der Waals surface area contributed by atoms with E-state index in [9.17, 15) is 8.42 Å². The molecule has 0 amide bonds. The number of imidazole rings is 1. The summed E-state index contributed by atoms with van der Waals surface area (Å²) in [5.74, 6) is 0.884. The van der Waals surface area contributed by atoms with Crippen LogP contribution < -0.4 is 10.0 Å². The normalized spacial score (nSPS) is 26.1. The lowest BCUT2D eigenvalue weighted by atomic mass is 10.0. The Labute approximate surface area is 125 Å². The summed E-state index contributed by atoms with van der Waals surface area (Å²) in [4.78, 5) is 4.20. The molecule has 6 nitrogen and oxygen atoms in total. The maximum atomic E-state index is 12.5. The van der Waals surface area contributed by atoms with Gasteiger partial charge in [-0.2, -0.15) is 0 Å². The number of piperidine rings is 1. The first-order valence-electron chi connectivity index (χ1n) is 6.88. The van der Waals surface area contributed by atoms with Gasteiger partial charge in [-0.1, -0.05) is 0 Å².